The fraction of sp³-hybridized carbons (Fsp3) is 0.923. The molecule has 4 saturated carbocycles. The zero-order valence-electron chi connectivity index (χ0n) is 10.00. The molecule has 4 bridgehead atoms. The highest BCUT2D eigenvalue weighted by Crippen LogP contribution is 2.55. The molecule has 0 heterocycles. The summed E-state index contributed by atoms with van der Waals surface area (Å²) >= 11 is 0. The van der Waals surface area contributed by atoms with Crippen molar-refractivity contribution in [3.63, 3.8) is 0 Å². The van der Waals surface area contributed by atoms with Crippen LogP contribution in [0.5, 0.6) is 0 Å². The molecule has 0 aromatic heterocycles. The molecule has 3 heteroatoms. The molecule has 0 saturated heterocycles. The second kappa shape index (κ2) is 3.73. The van der Waals surface area contributed by atoms with E-state index in [1.807, 2.05) is 0 Å². The van der Waals surface area contributed by atoms with Crippen molar-refractivity contribution in [3.8, 4) is 0 Å². The molecule has 4 aliphatic carbocycles. The zero-order chi connectivity index (χ0) is 11.2. The Labute approximate surface area is 96.9 Å². The summed E-state index contributed by atoms with van der Waals surface area (Å²) in [4.78, 5) is 11.2. The number of hydrogen-bond donors (Lipinski definition) is 1. The van der Waals surface area contributed by atoms with Crippen molar-refractivity contribution in [1.29, 1.82) is 0 Å². The van der Waals surface area contributed by atoms with Crippen LogP contribution < -0.4 is 5.32 Å². The molecule has 0 aliphatic heterocycles. The quantitative estimate of drug-likeness (QED) is 0.740. The highest BCUT2D eigenvalue weighted by atomic mass is 16.5. The molecule has 4 aliphatic rings. The fourth-order valence-corrected chi connectivity index (χ4v) is 4.66. The first kappa shape index (κ1) is 10.6. The molecule has 0 radical (unpaired) electrons. The highest BCUT2D eigenvalue weighted by molar-refractivity contribution is 5.71. The zero-order valence-corrected chi connectivity index (χ0v) is 10.00. The third-order valence-electron chi connectivity index (χ3n) is 4.87. The smallest absolute Gasteiger partial charge is 0.319 e. The maximum absolute atomic E-state index is 11.2. The Morgan fingerprint density at radius 3 is 2.12 bits per heavy atom. The standard InChI is InChI=1S/C13H21NO2/c1-16-12(15)8-14-13-5-9-2-10(6-13)4-11(3-9)7-13/h9-11,14H,2-8H2,1H3. The molecule has 3 nitrogen and oxygen atoms in total. The summed E-state index contributed by atoms with van der Waals surface area (Å²) in [7, 11) is 1.46. The van der Waals surface area contributed by atoms with E-state index < -0.39 is 0 Å². The molecule has 0 unspecified atom stereocenters. The first-order valence-corrected chi connectivity index (χ1v) is 6.51. The van der Waals surface area contributed by atoms with E-state index in [0.29, 0.717) is 6.54 Å². The lowest BCUT2D eigenvalue weighted by Crippen LogP contribution is -2.59. The van der Waals surface area contributed by atoms with Crippen LogP contribution in [0.15, 0.2) is 0 Å². The minimum Gasteiger partial charge on any atom is -0.468 e. The van der Waals surface area contributed by atoms with Crippen LogP contribution in [0.25, 0.3) is 0 Å². The molecule has 4 rings (SSSR count). The van der Waals surface area contributed by atoms with Crippen LogP contribution in [0, 0.1) is 17.8 Å². The minimum atomic E-state index is -0.129. The van der Waals surface area contributed by atoms with Gasteiger partial charge >= 0.3 is 5.97 Å². The van der Waals surface area contributed by atoms with Gasteiger partial charge in [-0.25, -0.2) is 0 Å². The number of hydrogen-bond acceptors (Lipinski definition) is 3. The van der Waals surface area contributed by atoms with E-state index >= 15 is 0 Å². The van der Waals surface area contributed by atoms with Gasteiger partial charge in [-0.1, -0.05) is 0 Å². The number of nitrogens with one attached hydrogen (secondary N) is 1. The summed E-state index contributed by atoms with van der Waals surface area (Å²) in [5, 5.41) is 3.50. The van der Waals surface area contributed by atoms with Gasteiger partial charge in [-0.2, -0.15) is 0 Å². The molecule has 90 valence electrons. The third kappa shape index (κ3) is 1.75. The average molecular weight is 223 g/mol. The number of esters is 1. The van der Waals surface area contributed by atoms with Gasteiger partial charge in [0.25, 0.3) is 0 Å². The van der Waals surface area contributed by atoms with Crippen LogP contribution in [0.2, 0.25) is 0 Å². The van der Waals surface area contributed by atoms with Gasteiger partial charge in [0.2, 0.25) is 0 Å². The Morgan fingerprint density at radius 2 is 1.69 bits per heavy atom. The summed E-state index contributed by atoms with van der Waals surface area (Å²) in [6.07, 6.45) is 8.19. The van der Waals surface area contributed by atoms with Gasteiger partial charge in [-0.15, -0.1) is 0 Å². The molecule has 0 spiro atoms. The monoisotopic (exact) mass is 223 g/mol. The average Bonchev–Trinajstić information content (AvgIpc) is 2.24. The number of methoxy groups -OCH3 is 1. The molecular formula is C13H21NO2. The van der Waals surface area contributed by atoms with Crippen LogP contribution in [-0.2, 0) is 9.53 Å². The summed E-state index contributed by atoms with van der Waals surface area (Å²) in [5.41, 5.74) is 0.281. The predicted octanol–water partition coefficient (Wildman–Crippen LogP) is 1.72. The van der Waals surface area contributed by atoms with Gasteiger partial charge in [0.15, 0.2) is 0 Å². The Bertz CT molecular complexity index is 265. The van der Waals surface area contributed by atoms with Gasteiger partial charge in [0.05, 0.1) is 13.7 Å². The highest BCUT2D eigenvalue weighted by Gasteiger charge is 2.50. The fourth-order valence-electron chi connectivity index (χ4n) is 4.66. The normalized spacial score (nSPS) is 44.7. The molecule has 0 atom stereocenters. The maximum atomic E-state index is 11.2. The molecule has 1 N–H and O–H groups in total. The van der Waals surface area contributed by atoms with E-state index in [9.17, 15) is 4.79 Å². The van der Waals surface area contributed by atoms with E-state index in [1.54, 1.807) is 0 Å². The summed E-state index contributed by atoms with van der Waals surface area (Å²) < 4.78 is 4.71. The summed E-state index contributed by atoms with van der Waals surface area (Å²) in [5.74, 6) is 2.65. The van der Waals surface area contributed by atoms with Crippen LogP contribution in [0.1, 0.15) is 38.5 Å². The van der Waals surface area contributed by atoms with Crippen molar-refractivity contribution < 1.29 is 9.53 Å². The molecule has 0 aromatic carbocycles. The van der Waals surface area contributed by atoms with Gasteiger partial charge in [-0.3, -0.25) is 4.79 Å². The number of ether oxygens (including phenoxy) is 1. The van der Waals surface area contributed by atoms with Crippen molar-refractivity contribution in [2.24, 2.45) is 17.8 Å². The Balaban J connectivity index is 1.67. The Kier molecular flexibility index (Phi) is 2.46. The number of carbonyl (C=O) groups is 1. The number of carbonyl (C=O) groups excluding carboxylic acids is 1. The third-order valence-corrected chi connectivity index (χ3v) is 4.87. The van der Waals surface area contributed by atoms with Crippen molar-refractivity contribution >= 4 is 5.97 Å². The second-order valence-electron chi connectivity index (χ2n) is 6.13. The van der Waals surface area contributed by atoms with Crippen molar-refractivity contribution in [1.82, 2.24) is 5.32 Å². The first-order chi connectivity index (χ1) is 7.69. The SMILES string of the molecule is COC(=O)CNC12CC3CC(CC(C3)C1)C2. The maximum Gasteiger partial charge on any atom is 0.319 e. The first-order valence-electron chi connectivity index (χ1n) is 6.51. The van der Waals surface area contributed by atoms with Crippen LogP contribution in [-0.4, -0.2) is 25.2 Å². The molecule has 16 heavy (non-hydrogen) atoms. The van der Waals surface area contributed by atoms with Crippen LogP contribution in [0.4, 0.5) is 0 Å². The van der Waals surface area contributed by atoms with Crippen LogP contribution in [0.3, 0.4) is 0 Å². The van der Waals surface area contributed by atoms with Gasteiger partial charge in [0, 0.05) is 5.54 Å². The largest absolute Gasteiger partial charge is 0.468 e. The van der Waals surface area contributed by atoms with Crippen molar-refractivity contribution in [2.45, 2.75) is 44.1 Å². The van der Waals surface area contributed by atoms with Gasteiger partial charge < -0.3 is 10.1 Å². The Morgan fingerprint density at radius 1 is 1.19 bits per heavy atom. The molecule has 0 amide bonds. The molecule has 4 fully saturated rings. The Hall–Kier alpha value is -0.570. The van der Waals surface area contributed by atoms with Gasteiger partial charge in [0.1, 0.15) is 0 Å². The van der Waals surface area contributed by atoms with E-state index in [-0.39, 0.29) is 11.5 Å². The van der Waals surface area contributed by atoms with E-state index in [0.717, 1.165) is 17.8 Å². The lowest BCUT2D eigenvalue weighted by atomic mass is 9.53. The summed E-state index contributed by atoms with van der Waals surface area (Å²) in [6, 6.07) is 0. The van der Waals surface area contributed by atoms with E-state index in [1.165, 1.54) is 45.6 Å². The second-order valence-corrected chi connectivity index (χ2v) is 6.13. The van der Waals surface area contributed by atoms with Gasteiger partial charge in [-0.05, 0) is 56.3 Å². The molecule has 0 aromatic rings. The van der Waals surface area contributed by atoms with Crippen molar-refractivity contribution in [3.05, 3.63) is 0 Å². The van der Waals surface area contributed by atoms with E-state index in [2.05, 4.69) is 5.32 Å². The topological polar surface area (TPSA) is 38.3 Å². The number of rotatable bonds is 3. The van der Waals surface area contributed by atoms with Crippen LogP contribution >= 0.6 is 0 Å². The predicted molar refractivity (Wildman–Crippen MR) is 60.9 cm³/mol. The lowest BCUT2D eigenvalue weighted by Gasteiger charge is -2.57. The van der Waals surface area contributed by atoms with Crippen molar-refractivity contribution in [2.75, 3.05) is 13.7 Å². The van der Waals surface area contributed by atoms with E-state index in [4.69, 9.17) is 4.74 Å². The summed E-state index contributed by atoms with van der Waals surface area (Å²) in [6.45, 7) is 0.392. The molecular weight excluding hydrogens is 202 g/mol. The lowest BCUT2D eigenvalue weighted by molar-refractivity contribution is -0.140. The minimum absolute atomic E-state index is 0.129.